The van der Waals surface area contributed by atoms with Crippen LogP contribution in [-0.2, 0) is 46.4 Å². The number of nitrogens with zero attached hydrogens (tertiary/aromatic N) is 9. The molecule has 20 rings (SSSR count). The number of nitrogens with one attached hydrogen (secondary N) is 5. The fraction of sp³-hybridized carbons (Fsp3) is 0.232. The summed E-state index contributed by atoms with van der Waals surface area (Å²) in [6, 6.07) is 57.5. The van der Waals surface area contributed by atoms with Gasteiger partial charge in [0.2, 0.25) is 29.5 Å². The Morgan fingerprint density at radius 2 is 0.624 bits per heavy atom. The second kappa shape index (κ2) is 32.9. The third-order valence-corrected chi connectivity index (χ3v) is 22.9. The molecule has 7 N–H and O–H groups in total. The number of pyridine rings is 4. The molecule has 5 unspecified atom stereocenters. The Morgan fingerprint density at radius 3 is 0.957 bits per heavy atom. The summed E-state index contributed by atoms with van der Waals surface area (Å²) in [6.45, 7) is 22.8. The van der Waals surface area contributed by atoms with Crippen molar-refractivity contribution in [3.63, 3.8) is 0 Å². The maximum absolute atomic E-state index is 12.6. The van der Waals surface area contributed by atoms with E-state index in [1.54, 1.807) is 31.7 Å². The average molecular weight is 1550 g/mol. The quantitative estimate of drug-likeness (QED) is 0.0623. The van der Waals surface area contributed by atoms with Crippen molar-refractivity contribution in [3.8, 4) is 0 Å². The zero-order valence-corrected chi connectivity index (χ0v) is 65.5. The molecular weight excluding hydrogens is 1460 g/mol. The molecule has 15 aromatic rings. The van der Waals surface area contributed by atoms with Crippen molar-refractivity contribution >= 4 is 156 Å². The predicted octanol–water partition coefficient (Wildman–Crippen LogP) is 17.4. The van der Waals surface area contributed by atoms with Crippen LogP contribution < -0.4 is 32.3 Å². The van der Waals surface area contributed by atoms with E-state index < -0.39 is 0 Å². The van der Waals surface area contributed by atoms with Gasteiger partial charge in [-0.3, -0.25) is 28.8 Å². The molecule has 5 atom stereocenters. The van der Waals surface area contributed by atoms with Crippen LogP contribution in [0.2, 0.25) is 0 Å². The number of aryl methyl sites for hydroxylation is 2. The lowest BCUT2D eigenvalue weighted by atomic mass is 10.0. The number of hydrogen-bond acceptors (Lipinski definition) is 12. The molecule has 5 aliphatic heterocycles. The summed E-state index contributed by atoms with van der Waals surface area (Å²) >= 11 is 0. The molecule has 22 heteroatoms. The number of carbonyl (C=O) groups excluding carboxylic acids is 7. The van der Waals surface area contributed by atoms with Crippen molar-refractivity contribution in [2.24, 2.45) is 0 Å². The highest BCUT2D eigenvalue weighted by molar-refractivity contribution is 6.13. The number of piperidine rings is 5. The molecule has 588 valence electrons. The first-order valence-corrected chi connectivity index (χ1v) is 39.9. The number of anilines is 1. The molecular formula is C95H91N15O7. The Labute approximate surface area is 674 Å². The fourth-order valence-corrected chi connectivity index (χ4v) is 17.2. The normalized spacial score (nSPS) is 18.4. The summed E-state index contributed by atoms with van der Waals surface area (Å²) in [5.41, 5.74) is 22.4. The van der Waals surface area contributed by atoms with E-state index in [9.17, 15) is 33.6 Å². The first-order valence-electron chi connectivity index (χ1n) is 39.9. The molecule has 117 heavy (non-hydrogen) atoms. The Balaban J connectivity index is 0.000000110. The van der Waals surface area contributed by atoms with Crippen LogP contribution in [0.5, 0.6) is 0 Å². The van der Waals surface area contributed by atoms with Crippen LogP contribution in [0, 0.1) is 0 Å². The highest BCUT2D eigenvalue weighted by Gasteiger charge is 2.35. The molecule has 0 saturated carbocycles. The molecule has 5 aliphatic rings. The van der Waals surface area contributed by atoms with Crippen molar-refractivity contribution in [2.75, 3.05) is 5.73 Å². The standard InChI is InChI=1S/C22H23N3O2.C21H21N3O2.C18H16N2O.C17H16N4O.C17H15N3O/c1-3-16(26)9-7-15-8-11-19-18(13-15)17-5-4-12-23-21(17)25(19)20-10-6-14(2)24-22(20)27;1-13-5-9-19(21(26)23-13)24-18-10-8-15(7-6-14(2)25)12-17(18)16-4-3-11-22-20(16)24;1-12-10-11-17(18(21)19-12)20-15-8-4-2-6-13(15)14-7-3-5-9-16(14)20;1-10-4-6-15(17(22)20-10)21-14-7-5-11(18)9-13(14)12-3-2-8-19-16(12)21;1-11-8-9-15(17(21)19-11)20-14-7-3-2-5-12(14)13-6-4-10-18-16(13)20/h4-5,8,11-13,20H,2-3,6-7,9-10H2,1H3,(H,24,27);3-4,8,10-12,19H,1,5-7,9H2,2H3,(H,23,26);2-9,17H,1,10-11H2,(H,19,21);2-3,5,7-9,15H,1,4,6,18H2,(H,20,22);2-7,10,15H,1,8-9H2,(H,19,21). The van der Waals surface area contributed by atoms with E-state index in [-0.39, 0.29) is 71.3 Å². The van der Waals surface area contributed by atoms with E-state index in [1.807, 2.05) is 136 Å². The van der Waals surface area contributed by atoms with Crippen molar-refractivity contribution in [1.82, 2.24) is 69.4 Å². The van der Waals surface area contributed by atoms with Gasteiger partial charge in [0.1, 0.15) is 64.4 Å². The Kier molecular flexibility index (Phi) is 21.7. The number of nitrogen functional groups attached to an aromatic ring is 1. The molecule has 5 fully saturated rings. The second-order valence-electron chi connectivity index (χ2n) is 30.7. The van der Waals surface area contributed by atoms with Crippen LogP contribution >= 0.6 is 0 Å². The van der Waals surface area contributed by atoms with Crippen molar-refractivity contribution in [3.05, 3.63) is 273 Å². The second-order valence-corrected chi connectivity index (χ2v) is 30.7. The lowest BCUT2D eigenvalue weighted by molar-refractivity contribution is -0.125. The van der Waals surface area contributed by atoms with E-state index in [2.05, 4.69) is 149 Å². The monoisotopic (exact) mass is 1550 g/mol. The van der Waals surface area contributed by atoms with Gasteiger partial charge in [-0.25, -0.2) is 19.9 Å². The number of allylic oxidation sites excluding steroid dienone is 5. The van der Waals surface area contributed by atoms with Gasteiger partial charge in [0, 0.05) is 143 Å². The number of fused-ring (bicyclic) bond motifs is 15. The average Bonchev–Trinajstić information content (AvgIpc) is 1.63. The van der Waals surface area contributed by atoms with Crippen LogP contribution in [0.3, 0.4) is 0 Å². The van der Waals surface area contributed by atoms with Gasteiger partial charge in [-0.15, -0.1) is 0 Å². The molecule has 0 radical (unpaired) electrons. The molecule has 5 amide bonds. The zero-order chi connectivity index (χ0) is 81.3. The summed E-state index contributed by atoms with van der Waals surface area (Å²) in [5, 5.41) is 25.2. The third-order valence-electron chi connectivity index (χ3n) is 22.9. The van der Waals surface area contributed by atoms with E-state index in [0.29, 0.717) is 37.8 Å². The molecule has 6 aromatic carbocycles. The highest BCUT2D eigenvalue weighted by atomic mass is 16.2. The van der Waals surface area contributed by atoms with Crippen LogP contribution in [0.1, 0.15) is 139 Å². The summed E-state index contributed by atoms with van der Waals surface area (Å²) in [7, 11) is 0. The topological polar surface area (TPSA) is 282 Å². The van der Waals surface area contributed by atoms with Gasteiger partial charge >= 0.3 is 0 Å². The van der Waals surface area contributed by atoms with Crippen molar-refractivity contribution < 1.29 is 33.6 Å². The maximum Gasteiger partial charge on any atom is 0.247 e. The number of aromatic nitrogens is 9. The van der Waals surface area contributed by atoms with E-state index >= 15 is 0 Å². The zero-order valence-electron chi connectivity index (χ0n) is 65.5. The van der Waals surface area contributed by atoms with Gasteiger partial charge in [0.15, 0.2) is 0 Å². The number of rotatable bonds is 12. The molecule has 0 aliphatic carbocycles. The van der Waals surface area contributed by atoms with Crippen LogP contribution in [0.25, 0.3) is 110 Å². The minimum atomic E-state index is -0.294. The molecule has 0 spiro atoms. The lowest BCUT2D eigenvalue weighted by Gasteiger charge is -2.26. The SMILES string of the molecule is C=C1CCC(n2c3ccc(CCC(=O)CC)cc3c3cccnc32)C(=O)N1.C=C1CCC(n2c3ccc(CCC(C)=O)cc3c3cccnc32)C(=O)N1.C=C1CCC(n2c3ccc(N)cc3c3cccnc32)C(=O)N1.C=C1CCC(n2c3ccccc3c3ccccc32)C(=O)N1.C=C1CCC(n2c3ccccc3c3cccnc32)C(=O)N1. The summed E-state index contributed by atoms with van der Waals surface area (Å²) in [4.78, 5) is 103. The molecule has 0 bridgehead atoms. The Bertz CT molecular complexity index is 6370. The van der Waals surface area contributed by atoms with Gasteiger partial charge in [0.25, 0.3) is 0 Å². The van der Waals surface area contributed by atoms with Gasteiger partial charge in [-0.2, -0.15) is 0 Å². The first-order chi connectivity index (χ1) is 56.8. The van der Waals surface area contributed by atoms with Gasteiger partial charge in [-0.1, -0.05) is 107 Å². The van der Waals surface area contributed by atoms with Gasteiger partial charge < -0.3 is 59.9 Å². The smallest absolute Gasteiger partial charge is 0.247 e. The Hall–Kier alpha value is -13.9. The number of nitrogens with two attached hydrogens (primary N) is 1. The van der Waals surface area contributed by atoms with Crippen molar-refractivity contribution in [1.29, 1.82) is 0 Å². The number of para-hydroxylation sites is 3. The first kappa shape index (κ1) is 77.1. The van der Waals surface area contributed by atoms with Crippen molar-refractivity contribution in [2.45, 2.75) is 140 Å². The van der Waals surface area contributed by atoms with E-state index in [4.69, 9.17) is 5.73 Å². The number of ketones is 2. The number of benzene rings is 6. The van der Waals surface area contributed by atoms with E-state index in [1.165, 1.54) is 10.8 Å². The number of hydrogen-bond donors (Lipinski definition) is 6. The predicted molar refractivity (Wildman–Crippen MR) is 463 cm³/mol. The number of amides is 5. The summed E-state index contributed by atoms with van der Waals surface area (Å²) in [6.07, 6.45) is 17.8. The lowest BCUT2D eigenvalue weighted by Crippen LogP contribution is -2.36. The minimum absolute atomic E-state index is 0.000411. The highest BCUT2D eigenvalue weighted by Crippen LogP contribution is 2.41. The third kappa shape index (κ3) is 15.2. The molecule has 9 aromatic heterocycles. The number of carbonyl (C=O) groups is 7. The molecule has 5 saturated heterocycles. The van der Waals surface area contributed by atoms with Crippen LogP contribution in [0.15, 0.2) is 262 Å². The largest absolute Gasteiger partial charge is 0.399 e. The van der Waals surface area contributed by atoms with E-state index in [0.717, 1.165) is 203 Å². The fourth-order valence-electron chi connectivity index (χ4n) is 17.2. The minimum Gasteiger partial charge on any atom is -0.399 e. The van der Waals surface area contributed by atoms with Crippen LogP contribution in [0.4, 0.5) is 5.69 Å². The van der Waals surface area contributed by atoms with Crippen LogP contribution in [-0.4, -0.2) is 83.9 Å². The Morgan fingerprint density at radius 1 is 0.350 bits per heavy atom. The van der Waals surface area contributed by atoms with Gasteiger partial charge in [0.05, 0.1) is 22.1 Å². The van der Waals surface area contributed by atoms with Gasteiger partial charge in [-0.05, 0) is 204 Å². The summed E-state index contributed by atoms with van der Waals surface area (Å²) < 4.78 is 10.3. The summed E-state index contributed by atoms with van der Waals surface area (Å²) in [5.74, 6) is 0.404. The molecule has 22 nitrogen and oxygen atoms in total. The molecule has 14 heterocycles. The number of Topliss-reactive ketones (excluding diaryl/α,β-unsaturated/α-hetero) is 2. The maximum atomic E-state index is 12.6.